The van der Waals surface area contributed by atoms with Gasteiger partial charge in [0.2, 0.25) is 0 Å². The van der Waals surface area contributed by atoms with Crippen molar-refractivity contribution < 1.29 is 0 Å². The van der Waals surface area contributed by atoms with Crippen LogP contribution in [0.25, 0.3) is 0 Å². The van der Waals surface area contributed by atoms with Crippen molar-refractivity contribution >= 4 is 0 Å². The summed E-state index contributed by atoms with van der Waals surface area (Å²) in [5.41, 5.74) is 0. The maximum Gasteiger partial charge on any atom is 0.0417 e. The molecular weight excluding hydrogens is 84.1 g/mol. The van der Waals surface area contributed by atoms with Crippen molar-refractivity contribution in [3.05, 3.63) is 19.1 Å². The molecule has 1 rings (SSSR count). The highest BCUT2D eigenvalue weighted by molar-refractivity contribution is 5.19. The highest BCUT2D eigenvalue weighted by atomic mass is 14.1. The van der Waals surface area contributed by atoms with Gasteiger partial charge in [-0.15, -0.1) is 5.92 Å². The van der Waals surface area contributed by atoms with E-state index in [9.17, 15) is 0 Å². The summed E-state index contributed by atoms with van der Waals surface area (Å²) in [5, 5.41) is 0. The lowest BCUT2D eigenvalue weighted by Crippen LogP contribution is -1.97. The second kappa shape index (κ2) is 1.84. The Kier molecular flexibility index (Phi) is 1.17. The van der Waals surface area contributed by atoms with Gasteiger partial charge in [-0.2, -0.15) is 0 Å². The minimum absolute atomic E-state index is 0.525. The topological polar surface area (TPSA) is 0 Å². The minimum atomic E-state index is 0.525. The van der Waals surface area contributed by atoms with Gasteiger partial charge in [-0.1, -0.05) is 18.1 Å². The van der Waals surface area contributed by atoms with E-state index in [0.29, 0.717) is 5.92 Å². The van der Waals surface area contributed by atoms with Crippen molar-refractivity contribution in [3.8, 4) is 11.8 Å². The Morgan fingerprint density at radius 3 is 2.57 bits per heavy atom. The third kappa shape index (κ3) is 0.838. The summed E-state index contributed by atoms with van der Waals surface area (Å²) in [4.78, 5) is 0. The van der Waals surface area contributed by atoms with Crippen LogP contribution in [0.15, 0.2) is 12.2 Å². The zero-order valence-electron chi connectivity index (χ0n) is 4.15. The van der Waals surface area contributed by atoms with Gasteiger partial charge in [0, 0.05) is 12.8 Å². The van der Waals surface area contributed by atoms with Gasteiger partial charge in [-0.25, -0.2) is 0 Å². The van der Waals surface area contributed by atoms with Crippen molar-refractivity contribution in [2.24, 2.45) is 5.92 Å². The SMILES string of the molecule is [CH2]C#CC1C=CC1. The van der Waals surface area contributed by atoms with Crippen molar-refractivity contribution in [1.29, 1.82) is 0 Å². The number of hydrogen-bond acceptors (Lipinski definition) is 0. The largest absolute Gasteiger partial charge is 0.102 e. The van der Waals surface area contributed by atoms with Gasteiger partial charge in [0.15, 0.2) is 0 Å². The van der Waals surface area contributed by atoms with E-state index in [2.05, 4.69) is 30.9 Å². The quantitative estimate of drug-likeness (QED) is 0.312. The van der Waals surface area contributed by atoms with E-state index < -0.39 is 0 Å². The first-order chi connectivity index (χ1) is 3.43. The van der Waals surface area contributed by atoms with E-state index in [-0.39, 0.29) is 0 Å². The maximum absolute atomic E-state index is 3.41. The molecule has 1 radical (unpaired) electrons. The molecule has 0 aromatic heterocycles. The number of allylic oxidation sites excluding steroid dienone is 2. The zero-order valence-corrected chi connectivity index (χ0v) is 4.15. The van der Waals surface area contributed by atoms with E-state index in [1.54, 1.807) is 0 Å². The molecule has 0 heterocycles. The lowest BCUT2D eigenvalue weighted by molar-refractivity contribution is 0.787. The van der Waals surface area contributed by atoms with Crippen LogP contribution in [0.1, 0.15) is 6.42 Å². The number of rotatable bonds is 0. The Hall–Kier alpha value is -0.700. The molecule has 0 aromatic rings. The van der Waals surface area contributed by atoms with Crippen LogP contribution in [-0.4, -0.2) is 0 Å². The first kappa shape index (κ1) is 4.46. The first-order valence-electron chi connectivity index (χ1n) is 2.38. The predicted molar refractivity (Wildman–Crippen MR) is 30.4 cm³/mol. The van der Waals surface area contributed by atoms with Gasteiger partial charge in [0.05, 0.1) is 0 Å². The molecular formula is C7H7. The molecule has 1 aliphatic rings. The smallest absolute Gasteiger partial charge is 0.0417 e. The van der Waals surface area contributed by atoms with E-state index in [1.165, 1.54) is 0 Å². The van der Waals surface area contributed by atoms with Crippen LogP contribution in [0.4, 0.5) is 0 Å². The first-order valence-corrected chi connectivity index (χ1v) is 2.38. The normalized spacial score (nSPS) is 25.0. The maximum atomic E-state index is 3.41. The summed E-state index contributed by atoms with van der Waals surface area (Å²) in [6.45, 7) is 3.41. The Bertz CT molecular complexity index is 132. The molecule has 0 bridgehead atoms. The van der Waals surface area contributed by atoms with Gasteiger partial charge in [-0.05, 0) is 6.42 Å². The van der Waals surface area contributed by atoms with Gasteiger partial charge in [-0.3, -0.25) is 0 Å². The molecule has 0 heteroatoms. The van der Waals surface area contributed by atoms with Crippen molar-refractivity contribution in [1.82, 2.24) is 0 Å². The highest BCUT2D eigenvalue weighted by Crippen LogP contribution is 2.14. The van der Waals surface area contributed by atoms with Gasteiger partial charge >= 0.3 is 0 Å². The van der Waals surface area contributed by atoms with Crippen molar-refractivity contribution in [2.75, 3.05) is 0 Å². The average molecular weight is 91.1 g/mol. The molecule has 0 saturated carbocycles. The van der Waals surface area contributed by atoms with Crippen molar-refractivity contribution in [3.63, 3.8) is 0 Å². The fourth-order valence-corrected chi connectivity index (χ4v) is 0.510. The van der Waals surface area contributed by atoms with Gasteiger partial charge < -0.3 is 0 Å². The molecule has 0 amide bonds. The molecule has 0 saturated heterocycles. The molecule has 0 spiro atoms. The van der Waals surface area contributed by atoms with Gasteiger partial charge in [0.25, 0.3) is 0 Å². The second-order valence-electron chi connectivity index (χ2n) is 1.59. The summed E-state index contributed by atoms with van der Waals surface area (Å²) >= 11 is 0. The molecule has 0 nitrogen and oxygen atoms in total. The van der Waals surface area contributed by atoms with Crippen LogP contribution < -0.4 is 0 Å². The lowest BCUT2D eigenvalue weighted by atomic mass is 9.96. The monoisotopic (exact) mass is 91.1 g/mol. The Labute approximate surface area is 44.2 Å². The van der Waals surface area contributed by atoms with E-state index in [4.69, 9.17) is 0 Å². The molecule has 1 unspecified atom stereocenters. The van der Waals surface area contributed by atoms with Gasteiger partial charge in [0.1, 0.15) is 0 Å². The summed E-state index contributed by atoms with van der Waals surface area (Å²) in [7, 11) is 0. The Morgan fingerprint density at radius 2 is 2.43 bits per heavy atom. The molecule has 0 aromatic carbocycles. The molecule has 1 atom stereocenters. The fraction of sp³-hybridized carbons (Fsp3) is 0.286. The van der Waals surface area contributed by atoms with Crippen LogP contribution in [-0.2, 0) is 0 Å². The molecule has 0 fully saturated rings. The van der Waals surface area contributed by atoms with E-state index in [0.717, 1.165) is 6.42 Å². The third-order valence-electron chi connectivity index (χ3n) is 1.05. The summed E-state index contributed by atoms with van der Waals surface area (Å²) in [6.07, 6.45) is 5.34. The molecule has 1 aliphatic carbocycles. The fourth-order valence-electron chi connectivity index (χ4n) is 0.510. The Balaban J connectivity index is 2.40. The summed E-state index contributed by atoms with van der Waals surface area (Å²) in [6, 6.07) is 0. The second-order valence-corrected chi connectivity index (χ2v) is 1.59. The molecule has 0 aliphatic heterocycles. The predicted octanol–water partition coefficient (Wildman–Crippen LogP) is 1.40. The standard InChI is InChI=1S/C7H7/c1-2-4-7-5-3-6-7/h3,5,7H,1,6H2. The van der Waals surface area contributed by atoms with Crippen LogP contribution >= 0.6 is 0 Å². The highest BCUT2D eigenvalue weighted by Gasteiger charge is 2.03. The lowest BCUT2D eigenvalue weighted by Gasteiger charge is -2.07. The van der Waals surface area contributed by atoms with Crippen LogP contribution in [0.3, 0.4) is 0 Å². The van der Waals surface area contributed by atoms with Crippen molar-refractivity contribution in [2.45, 2.75) is 6.42 Å². The molecule has 0 N–H and O–H groups in total. The summed E-state index contributed by atoms with van der Waals surface area (Å²) < 4.78 is 0. The zero-order chi connectivity index (χ0) is 5.11. The third-order valence-corrected chi connectivity index (χ3v) is 1.05. The van der Waals surface area contributed by atoms with Crippen LogP contribution in [0.2, 0.25) is 0 Å². The molecule has 35 valence electrons. The minimum Gasteiger partial charge on any atom is -0.102 e. The average Bonchev–Trinajstić information content (AvgIpc) is 1.55. The van der Waals surface area contributed by atoms with Crippen LogP contribution in [0, 0.1) is 24.7 Å². The summed E-state index contributed by atoms with van der Waals surface area (Å²) in [5.74, 6) is 6.08. The molecule has 7 heavy (non-hydrogen) atoms. The number of hydrogen-bond donors (Lipinski definition) is 0. The van der Waals surface area contributed by atoms with Crippen LogP contribution in [0.5, 0.6) is 0 Å². The van der Waals surface area contributed by atoms with E-state index in [1.807, 2.05) is 0 Å². The Morgan fingerprint density at radius 1 is 1.71 bits per heavy atom. The van der Waals surface area contributed by atoms with E-state index >= 15 is 0 Å².